The number of urea groups is 1. The van der Waals surface area contributed by atoms with Crippen LogP contribution in [0.1, 0.15) is 26.6 Å². The van der Waals surface area contributed by atoms with Gasteiger partial charge in [0.2, 0.25) is 0 Å². The molecule has 0 radical (unpaired) electrons. The van der Waals surface area contributed by atoms with Crippen LogP contribution in [0.25, 0.3) is 32.6 Å². The van der Waals surface area contributed by atoms with E-state index in [-0.39, 0.29) is 12.1 Å². The summed E-state index contributed by atoms with van der Waals surface area (Å²) in [5, 5.41) is 15.8. The Bertz CT molecular complexity index is 1520. The van der Waals surface area contributed by atoms with Gasteiger partial charge >= 0.3 is 12.1 Å². The van der Waals surface area contributed by atoms with Crippen molar-refractivity contribution >= 4 is 38.8 Å². The van der Waals surface area contributed by atoms with Crippen molar-refractivity contribution in [3.8, 4) is 22.4 Å². The maximum absolute atomic E-state index is 12.1. The van der Waals surface area contributed by atoms with Crippen molar-refractivity contribution in [2.24, 2.45) is 0 Å². The number of pyridine rings is 1. The first-order valence-electron chi connectivity index (χ1n) is 13.1. The van der Waals surface area contributed by atoms with Crippen molar-refractivity contribution in [2.45, 2.75) is 32.2 Å². The monoisotopic (exact) mass is 560 g/mol. The van der Waals surface area contributed by atoms with Crippen LogP contribution in [0.5, 0.6) is 0 Å². The number of fused-ring (bicyclic) bond motifs is 1. The molecule has 11 nitrogen and oxygen atoms in total. The van der Waals surface area contributed by atoms with Gasteiger partial charge in [-0.15, -0.1) is 0 Å². The number of carbonyl (C=O) groups excluding carboxylic acids is 1. The highest BCUT2D eigenvalue weighted by Crippen LogP contribution is 2.38. The summed E-state index contributed by atoms with van der Waals surface area (Å²) in [6.07, 6.45) is 4.35. The lowest BCUT2D eigenvalue weighted by Crippen LogP contribution is -2.60. The summed E-state index contributed by atoms with van der Waals surface area (Å²) < 4.78 is 0.906. The highest BCUT2D eigenvalue weighted by Gasteiger charge is 2.42. The summed E-state index contributed by atoms with van der Waals surface area (Å²) in [6, 6.07) is 9.12. The van der Waals surface area contributed by atoms with Crippen molar-refractivity contribution in [3.63, 3.8) is 0 Å². The largest absolute Gasteiger partial charge is 0.465 e. The van der Waals surface area contributed by atoms with Crippen LogP contribution in [0.3, 0.4) is 0 Å². The highest BCUT2D eigenvalue weighted by molar-refractivity contribution is 7.22. The number of hydrogen-bond acceptors (Lipinski definition) is 8. The number of nitrogens with zero attached hydrogens (tertiary/aromatic N) is 6. The van der Waals surface area contributed by atoms with Gasteiger partial charge in [0, 0.05) is 61.3 Å². The minimum Gasteiger partial charge on any atom is -0.465 e. The Balaban J connectivity index is 1.52. The first kappa shape index (κ1) is 27.4. The molecule has 1 aromatic carbocycles. The second-order valence-corrected chi connectivity index (χ2v) is 11.4. The quantitative estimate of drug-likeness (QED) is 0.313. The van der Waals surface area contributed by atoms with Crippen molar-refractivity contribution < 1.29 is 14.7 Å². The van der Waals surface area contributed by atoms with Crippen LogP contribution < -0.4 is 10.6 Å². The molecule has 3 N–H and O–H groups in total. The van der Waals surface area contributed by atoms with Crippen molar-refractivity contribution in [3.05, 3.63) is 54.7 Å². The molecule has 0 saturated carbocycles. The van der Waals surface area contributed by atoms with E-state index in [0.29, 0.717) is 37.1 Å². The number of rotatable bonds is 6. The fraction of sp³-hybridized carbons (Fsp3) is 0.357. The molecule has 3 amide bonds. The van der Waals surface area contributed by atoms with Gasteiger partial charge in [-0.3, -0.25) is 10.3 Å². The van der Waals surface area contributed by atoms with Crippen LogP contribution in [-0.2, 0) is 5.41 Å². The van der Waals surface area contributed by atoms with E-state index in [9.17, 15) is 14.7 Å². The molecule has 4 aromatic rings. The van der Waals surface area contributed by atoms with E-state index in [4.69, 9.17) is 9.97 Å². The smallest absolute Gasteiger partial charge is 0.407 e. The van der Waals surface area contributed by atoms with Crippen LogP contribution >= 0.6 is 11.3 Å². The second-order valence-electron chi connectivity index (χ2n) is 10.4. The van der Waals surface area contributed by atoms with E-state index in [1.165, 1.54) is 16.2 Å². The molecule has 1 saturated heterocycles. The van der Waals surface area contributed by atoms with Gasteiger partial charge in [-0.2, -0.15) is 0 Å². The number of benzene rings is 1. The topological polar surface area (TPSA) is 136 Å². The lowest BCUT2D eigenvalue weighted by Gasteiger charge is -2.45. The number of anilines is 1. The summed E-state index contributed by atoms with van der Waals surface area (Å²) in [6.45, 7) is 8.09. The van der Waals surface area contributed by atoms with Gasteiger partial charge in [-0.25, -0.2) is 24.5 Å². The zero-order valence-electron chi connectivity index (χ0n) is 22.9. The fourth-order valence-corrected chi connectivity index (χ4v) is 5.96. The molecule has 12 heteroatoms. The van der Waals surface area contributed by atoms with E-state index in [0.717, 1.165) is 32.6 Å². The predicted octanol–water partition coefficient (Wildman–Crippen LogP) is 4.53. The summed E-state index contributed by atoms with van der Waals surface area (Å²) in [7, 11) is 2.00. The van der Waals surface area contributed by atoms with E-state index >= 15 is 0 Å². The number of amides is 3. The first-order valence-corrected chi connectivity index (χ1v) is 13.9. The Hall–Kier alpha value is -4.16. The molecular weight excluding hydrogens is 528 g/mol. The maximum atomic E-state index is 12.1. The molecule has 1 fully saturated rings. The molecular formula is C28H32N8O3S. The third kappa shape index (κ3) is 5.45. The molecule has 4 heterocycles. The summed E-state index contributed by atoms with van der Waals surface area (Å²) in [5.74, 6) is 0.580. The molecule has 208 valence electrons. The average Bonchev–Trinajstić information content (AvgIpc) is 3.35. The molecule has 1 aliphatic heterocycles. The molecule has 1 unspecified atom stereocenters. The number of likely N-dealkylation sites (N-methyl/N-ethyl adjacent to an activating group) is 1. The standard InChI is InChI=1S/C28H32N8O3S/c1-5-29-25(37)34-26-33-21-13-17(12-19(23(21)40-26)20-8-6-7-9-30-20)18-14-31-24(32-15-18)28(2,3)22-16-35(4)10-11-36(22)27(38)39/h6-9,12-15,22H,5,10-11,16H2,1-4H3,(H,38,39)(H2,29,33,34,37). The Morgan fingerprint density at radius 2 is 1.90 bits per heavy atom. The van der Waals surface area contributed by atoms with Crippen LogP contribution in [-0.4, -0.2) is 86.2 Å². The number of carboxylic acid groups (broad SMARTS) is 1. The van der Waals surface area contributed by atoms with Crippen molar-refractivity contribution in [2.75, 3.05) is 38.5 Å². The first-order chi connectivity index (χ1) is 19.2. The van der Waals surface area contributed by atoms with Gasteiger partial charge in [0.05, 0.1) is 22.0 Å². The van der Waals surface area contributed by atoms with Gasteiger partial charge in [-0.05, 0) is 43.8 Å². The second kappa shape index (κ2) is 11.1. The molecule has 0 bridgehead atoms. The van der Waals surface area contributed by atoms with E-state index < -0.39 is 11.5 Å². The molecule has 0 aliphatic carbocycles. The lowest BCUT2D eigenvalue weighted by molar-refractivity contribution is 0.0465. The number of nitrogens with one attached hydrogen (secondary N) is 2. The Morgan fingerprint density at radius 3 is 2.58 bits per heavy atom. The molecule has 1 aliphatic rings. The van der Waals surface area contributed by atoms with Gasteiger partial charge in [0.1, 0.15) is 5.82 Å². The summed E-state index contributed by atoms with van der Waals surface area (Å²) in [4.78, 5) is 46.4. The summed E-state index contributed by atoms with van der Waals surface area (Å²) in [5.41, 5.74) is 3.44. The van der Waals surface area contributed by atoms with Crippen molar-refractivity contribution in [1.29, 1.82) is 0 Å². The molecule has 5 rings (SSSR count). The maximum Gasteiger partial charge on any atom is 0.407 e. The summed E-state index contributed by atoms with van der Waals surface area (Å²) >= 11 is 1.39. The zero-order chi connectivity index (χ0) is 28.4. The average molecular weight is 561 g/mol. The molecule has 40 heavy (non-hydrogen) atoms. The number of piperazine rings is 1. The van der Waals surface area contributed by atoms with Crippen LogP contribution in [0.2, 0.25) is 0 Å². The van der Waals surface area contributed by atoms with Gasteiger partial charge < -0.3 is 20.2 Å². The number of thiazole rings is 1. The van der Waals surface area contributed by atoms with Crippen LogP contribution in [0.4, 0.5) is 14.7 Å². The minimum atomic E-state index is -0.928. The van der Waals surface area contributed by atoms with E-state index in [1.807, 2.05) is 58.2 Å². The van der Waals surface area contributed by atoms with E-state index in [1.54, 1.807) is 18.6 Å². The Labute approximate surface area is 236 Å². The predicted molar refractivity (Wildman–Crippen MR) is 156 cm³/mol. The van der Waals surface area contributed by atoms with Gasteiger partial charge in [-0.1, -0.05) is 31.3 Å². The number of hydrogen-bond donors (Lipinski definition) is 3. The molecule has 3 aromatic heterocycles. The van der Waals surface area contributed by atoms with Crippen molar-refractivity contribution in [1.82, 2.24) is 35.1 Å². The lowest BCUT2D eigenvalue weighted by atomic mass is 9.81. The number of carbonyl (C=O) groups is 2. The van der Waals surface area contributed by atoms with Gasteiger partial charge in [0.25, 0.3) is 0 Å². The highest BCUT2D eigenvalue weighted by atomic mass is 32.1. The molecule has 0 spiro atoms. The Morgan fingerprint density at radius 1 is 1.12 bits per heavy atom. The van der Waals surface area contributed by atoms with E-state index in [2.05, 4.69) is 25.5 Å². The van der Waals surface area contributed by atoms with Crippen LogP contribution in [0.15, 0.2) is 48.9 Å². The minimum absolute atomic E-state index is 0.285. The molecule has 1 atom stereocenters. The fourth-order valence-electron chi connectivity index (χ4n) is 4.99. The van der Waals surface area contributed by atoms with Gasteiger partial charge in [0.15, 0.2) is 5.13 Å². The zero-order valence-corrected chi connectivity index (χ0v) is 23.7. The Kier molecular flexibility index (Phi) is 7.63. The SMILES string of the molecule is CCNC(=O)Nc1nc2cc(-c3cnc(C(C)(C)C4CN(C)CCN4C(=O)O)nc3)cc(-c3ccccn3)c2s1. The number of aromatic nitrogens is 4. The third-order valence-corrected chi connectivity index (χ3v) is 8.23. The normalized spacial score (nSPS) is 16.2. The third-order valence-electron chi connectivity index (χ3n) is 7.21. The van der Waals surface area contributed by atoms with Crippen LogP contribution in [0, 0.1) is 0 Å².